The maximum absolute atomic E-state index is 13.4. The summed E-state index contributed by atoms with van der Waals surface area (Å²) in [7, 11) is 2.22. The smallest absolute Gasteiger partial charge is 0.272 e. The van der Waals surface area contributed by atoms with Crippen molar-refractivity contribution in [1.29, 1.82) is 0 Å². The highest BCUT2D eigenvalue weighted by molar-refractivity contribution is 5.94. The lowest BCUT2D eigenvalue weighted by molar-refractivity contribution is 0.0803. The Labute approximate surface area is 192 Å². The summed E-state index contributed by atoms with van der Waals surface area (Å²) in [6.07, 6.45) is 9.07. The summed E-state index contributed by atoms with van der Waals surface area (Å²) in [6.45, 7) is 5.55. The number of amides is 1. The van der Waals surface area contributed by atoms with E-state index in [0.717, 1.165) is 74.9 Å². The highest BCUT2D eigenvalue weighted by Crippen LogP contribution is 2.27. The quantitative estimate of drug-likeness (QED) is 0.798. The van der Waals surface area contributed by atoms with Gasteiger partial charge in [-0.15, -0.1) is 0 Å². The molecule has 0 saturated carbocycles. The summed E-state index contributed by atoms with van der Waals surface area (Å²) in [4.78, 5) is 23.3. The van der Waals surface area contributed by atoms with E-state index >= 15 is 0 Å². The Bertz CT molecular complexity index is 908. The molecule has 1 aromatic heterocycles. The van der Waals surface area contributed by atoms with Crippen LogP contribution in [0.3, 0.4) is 0 Å². The Morgan fingerprint density at radius 2 is 1.69 bits per heavy atom. The molecule has 0 atom stereocenters. The van der Waals surface area contributed by atoms with E-state index < -0.39 is 0 Å². The molecule has 1 aromatic carbocycles. The van der Waals surface area contributed by atoms with Gasteiger partial charge in [-0.1, -0.05) is 36.8 Å². The number of benzene rings is 1. The van der Waals surface area contributed by atoms with Crippen molar-refractivity contribution in [3.8, 4) is 11.4 Å². The van der Waals surface area contributed by atoms with Crippen molar-refractivity contribution in [3.63, 3.8) is 0 Å². The predicted octanol–water partition coefficient (Wildman–Crippen LogP) is 3.56. The minimum absolute atomic E-state index is 0.0237. The molecule has 3 aliphatic rings. The van der Waals surface area contributed by atoms with Crippen molar-refractivity contribution in [2.75, 3.05) is 33.2 Å². The average Bonchev–Trinajstić information content (AvgIpc) is 3.02. The third-order valence-electron chi connectivity index (χ3n) is 7.68. The number of imidazole rings is 1. The molecule has 2 fully saturated rings. The number of rotatable bonds is 4. The highest BCUT2D eigenvalue weighted by Gasteiger charge is 2.30. The number of carbonyl (C=O) groups is 1. The number of nitrogens with one attached hydrogen (secondary N) is 1. The SMILES string of the molecule is CN1CCC(N2CCC(NC(=O)c3nc(-c4ccccc4)n4c3CCCCC4)CC2)CC1. The van der Waals surface area contributed by atoms with Crippen LogP contribution in [0.4, 0.5) is 0 Å². The standard InChI is InChI=1S/C26H37N5O/c1-29-16-13-22(14-17-29)30-18-11-21(12-19-30)27-26(32)24-23-10-6-3-7-15-31(23)25(28-24)20-8-4-2-5-9-20/h2,4-5,8-9,21-22H,3,6-7,10-19H2,1H3,(H,27,32). The van der Waals surface area contributed by atoms with Gasteiger partial charge in [-0.3, -0.25) is 4.79 Å². The van der Waals surface area contributed by atoms with Crippen molar-refractivity contribution in [1.82, 2.24) is 24.7 Å². The fourth-order valence-electron chi connectivity index (χ4n) is 5.73. The molecule has 4 heterocycles. The van der Waals surface area contributed by atoms with Gasteiger partial charge in [0.25, 0.3) is 5.91 Å². The molecule has 0 unspecified atom stereocenters. The van der Waals surface area contributed by atoms with Crippen LogP contribution in [0.1, 0.15) is 61.1 Å². The Morgan fingerprint density at radius 1 is 0.938 bits per heavy atom. The molecule has 6 nitrogen and oxygen atoms in total. The minimum Gasteiger partial charge on any atom is -0.348 e. The molecule has 0 bridgehead atoms. The molecular formula is C26H37N5O. The zero-order valence-electron chi connectivity index (χ0n) is 19.4. The first-order valence-corrected chi connectivity index (χ1v) is 12.6. The van der Waals surface area contributed by atoms with Crippen LogP contribution < -0.4 is 5.32 Å². The van der Waals surface area contributed by atoms with Gasteiger partial charge in [-0.05, 0) is 65.1 Å². The monoisotopic (exact) mass is 435 g/mol. The van der Waals surface area contributed by atoms with E-state index in [-0.39, 0.29) is 11.9 Å². The highest BCUT2D eigenvalue weighted by atomic mass is 16.2. The topological polar surface area (TPSA) is 53.4 Å². The average molecular weight is 436 g/mol. The maximum Gasteiger partial charge on any atom is 0.272 e. The number of piperidine rings is 2. The van der Waals surface area contributed by atoms with Gasteiger partial charge in [0.05, 0.1) is 5.69 Å². The molecule has 32 heavy (non-hydrogen) atoms. The Morgan fingerprint density at radius 3 is 2.44 bits per heavy atom. The normalized spacial score (nSPS) is 21.8. The van der Waals surface area contributed by atoms with E-state index in [9.17, 15) is 4.79 Å². The second kappa shape index (κ2) is 9.75. The molecule has 0 radical (unpaired) electrons. The van der Waals surface area contributed by atoms with Gasteiger partial charge < -0.3 is 19.7 Å². The molecule has 2 aromatic rings. The summed E-state index contributed by atoms with van der Waals surface area (Å²) in [5, 5.41) is 3.35. The van der Waals surface area contributed by atoms with Crippen molar-refractivity contribution < 1.29 is 4.79 Å². The fourth-order valence-corrected chi connectivity index (χ4v) is 5.73. The van der Waals surface area contributed by atoms with Gasteiger partial charge >= 0.3 is 0 Å². The van der Waals surface area contributed by atoms with E-state index in [1.165, 1.54) is 32.4 Å². The van der Waals surface area contributed by atoms with Crippen molar-refractivity contribution in [2.45, 2.75) is 70.0 Å². The van der Waals surface area contributed by atoms with Crippen LogP contribution in [0.5, 0.6) is 0 Å². The zero-order chi connectivity index (χ0) is 21.9. The van der Waals surface area contributed by atoms with Gasteiger partial charge in [0.15, 0.2) is 0 Å². The van der Waals surface area contributed by atoms with Gasteiger partial charge in [0.2, 0.25) is 0 Å². The molecule has 2 saturated heterocycles. The molecule has 6 heteroatoms. The first kappa shape index (κ1) is 21.7. The van der Waals surface area contributed by atoms with Crippen LogP contribution in [-0.2, 0) is 13.0 Å². The summed E-state index contributed by atoms with van der Waals surface area (Å²) >= 11 is 0. The van der Waals surface area contributed by atoms with Crippen LogP contribution in [0, 0.1) is 0 Å². The van der Waals surface area contributed by atoms with Crippen molar-refractivity contribution in [2.24, 2.45) is 0 Å². The largest absolute Gasteiger partial charge is 0.348 e. The minimum atomic E-state index is 0.0237. The summed E-state index contributed by atoms with van der Waals surface area (Å²) < 4.78 is 2.31. The number of nitrogens with zero attached hydrogens (tertiary/aromatic N) is 4. The molecule has 3 aliphatic heterocycles. The van der Waals surface area contributed by atoms with E-state index in [4.69, 9.17) is 4.98 Å². The Kier molecular flexibility index (Phi) is 6.60. The van der Waals surface area contributed by atoms with Gasteiger partial charge in [-0.2, -0.15) is 0 Å². The van der Waals surface area contributed by atoms with Gasteiger partial charge in [0.1, 0.15) is 11.5 Å². The van der Waals surface area contributed by atoms with Crippen molar-refractivity contribution >= 4 is 5.91 Å². The first-order valence-electron chi connectivity index (χ1n) is 12.6. The molecule has 0 aliphatic carbocycles. The van der Waals surface area contributed by atoms with E-state index in [0.29, 0.717) is 5.69 Å². The first-order chi connectivity index (χ1) is 15.7. The molecule has 172 valence electrons. The summed E-state index contributed by atoms with van der Waals surface area (Å²) in [6, 6.07) is 11.3. The second-order valence-corrected chi connectivity index (χ2v) is 9.88. The molecule has 5 rings (SSSR count). The van der Waals surface area contributed by atoms with Crippen LogP contribution in [-0.4, -0.2) is 70.6 Å². The van der Waals surface area contributed by atoms with E-state index in [2.05, 4.69) is 38.9 Å². The molecule has 1 N–H and O–H groups in total. The number of fused-ring (bicyclic) bond motifs is 1. The van der Waals surface area contributed by atoms with Crippen LogP contribution in [0.25, 0.3) is 11.4 Å². The lowest BCUT2D eigenvalue weighted by Gasteiger charge is -2.41. The number of hydrogen-bond donors (Lipinski definition) is 1. The second-order valence-electron chi connectivity index (χ2n) is 9.88. The lowest BCUT2D eigenvalue weighted by atomic mass is 9.98. The summed E-state index contributed by atoms with van der Waals surface area (Å²) in [5.41, 5.74) is 2.88. The third kappa shape index (κ3) is 4.62. The zero-order valence-corrected chi connectivity index (χ0v) is 19.4. The lowest BCUT2D eigenvalue weighted by Crippen LogP contribution is -2.50. The van der Waals surface area contributed by atoms with Gasteiger partial charge in [0, 0.05) is 37.3 Å². The number of aromatic nitrogens is 2. The third-order valence-corrected chi connectivity index (χ3v) is 7.68. The molecule has 1 amide bonds. The maximum atomic E-state index is 13.4. The molecular weight excluding hydrogens is 398 g/mol. The van der Waals surface area contributed by atoms with Gasteiger partial charge in [-0.25, -0.2) is 4.98 Å². The van der Waals surface area contributed by atoms with Crippen molar-refractivity contribution in [3.05, 3.63) is 41.7 Å². The van der Waals surface area contributed by atoms with Crippen LogP contribution >= 0.6 is 0 Å². The van der Waals surface area contributed by atoms with Crippen LogP contribution in [0.2, 0.25) is 0 Å². The summed E-state index contributed by atoms with van der Waals surface area (Å²) in [5.74, 6) is 0.973. The van der Waals surface area contributed by atoms with Crippen LogP contribution in [0.15, 0.2) is 30.3 Å². The van der Waals surface area contributed by atoms with E-state index in [1.54, 1.807) is 0 Å². The Hall–Kier alpha value is -2.18. The van der Waals surface area contributed by atoms with E-state index in [1.807, 2.05) is 18.2 Å². The fraction of sp³-hybridized carbons (Fsp3) is 0.615. The molecule has 0 spiro atoms. The number of hydrogen-bond acceptors (Lipinski definition) is 4. The predicted molar refractivity (Wildman–Crippen MR) is 128 cm³/mol. The Balaban J connectivity index is 1.26. The number of likely N-dealkylation sites (tertiary alicyclic amines) is 2. The number of carbonyl (C=O) groups excluding carboxylic acids is 1.